The third-order valence-corrected chi connectivity index (χ3v) is 5.08. The van der Waals surface area contributed by atoms with E-state index >= 15 is 0 Å². The Balaban J connectivity index is 1.81. The molecule has 1 saturated heterocycles. The van der Waals surface area contributed by atoms with E-state index in [0.29, 0.717) is 18.1 Å². The molecule has 2 rings (SSSR count). The summed E-state index contributed by atoms with van der Waals surface area (Å²) in [5.74, 6) is 1.62. The number of hydrogen-bond acceptors (Lipinski definition) is 3. The van der Waals surface area contributed by atoms with Gasteiger partial charge in [-0.15, -0.1) is 0 Å². The predicted octanol–water partition coefficient (Wildman–Crippen LogP) is 2.64. The number of ether oxygens (including phenoxy) is 1. The third kappa shape index (κ3) is 4.44. The van der Waals surface area contributed by atoms with Gasteiger partial charge >= 0.3 is 0 Å². The Morgan fingerprint density at radius 1 is 1.21 bits per heavy atom. The topological polar surface area (TPSA) is 38.5 Å². The van der Waals surface area contributed by atoms with E-state index in [4.69, 9.17) is 10.5 Å². The largest absolute Gasteiger partial charge is 0.377 e. The number of rotatable bonds is 5. The fraction of sp³-hybridized carbons (Fsp3) is 1.00. The molecule has 1 aliphatic heterocycles. The molecular formula is C16H32N2O. The van der Waals surface area contributed by atoms with E-state index in [0.717, 1.165) is 19.1 Å². The van der Waals surface area contributed by atoms with Crippen LogP contribution in [0, 0.1) is 11.8 Å². The zero-order chi connectivity index (χ0) is 13.7. The van der Waals surface area contributed by atoms with Gasteiger partial charge in [-0.05, 0) is 57.4 Å². The normalized spacial score (nSPS) is 37.4. The Morgan fingerprint density at radius 2 is 2.05 bits per heavy atom. The zero-order valence-corrected chi connectivity index (χ0v) is 12.8. The van der Waals surface area contributed by atoms with Gasteiger partial charge in [-0.1, -0.05) is 13.3 Å². The maximum absolute atomic E-state index is 6.35. The van der Waals surface area contributed by atoms with Crippen molar-refractivity contribution in [2.24, 2.45) is 17.6 Å². The molecule has 4 atom stereocenters. The minimum Gasteiger partial charge on any atom is -0.377 e. The molecule has 0 aromatic carbocycles. The van der Waals surface area contributed by atoms with Crippen LogP contribution in [0.15, 0.2) is 0 Å². The Hall–Kier alpha value is -0.120. The zero-order valence-electron chi connectivity index (χ0n) is 12.8. The highest BCUT2D eigenvalue weighted by Crippen LogP contribution is 2.31. The molecule has 0 bridgehead atoms. The summed E-state index contributed by atoms with van der Waals surface area (Å²) in [7, 11) is 0. The van der Waals surface area contributed by atoms with E-state index in [2.05, 4.69) is 18.7 Å². The number of piperidine rings is 1. The molecule has 0 spiro atoms. The number of nitrogens with two attached hydrogens (primary N) is 1. The molecule has 0 aromatic heterocycles. The van der Waals surface area contributed by atoms with Gasteiger partial charge < -0.3 is 15.4 Å². The lowest BCUT2D eigenvalue weighted by atomic mass is 9.77. The van der Waals surface area contributed by atoms with Gasteiger partial charge in [-0.25, -0.2) is 0 Å². The van der Waals surface area contributed by atoms with Crippen molar-refractivity contribution in [3.63, 3.8) is 0 Å². The smallest absolute Gasteiger partial charge is 0.0702 e. The van der Waals surface area contributed by atoms with Gasteiger partial charge in [0.1, 0.15) is 0 Å². The summed E-state index contributed by atoms with van der Waals surface area (Å²) >= 11 is 0. The minimum absolute atomic E-state index is 0.426. The minimum atomic E-state index is 0.426. The van der Waals surface area contributed by atoms with Gasteiger partial charge in [0.15, 0.2) is 0 Å². The lowest BCUT2D eigenvalue weighted by Gasteiger charge is -2.39. The maximum Gasteiger partial charge on any atom is 0.0702 e. The van der Waals surface area contributed by atoms with Crippen molar-refractivity contribution in [1.29, 1.82) is 0 Å². The molecule has 19 heavy (non-hydrogen) atoms. The van der Waals surface area contributed by atoms with Crippen molar-refractivity contribution in [2.45, 2.75) is 64.5 Å². The van der Waals surface area contributed by atoms with Gasteiger partial charge in [0.25, 0.3) is 0 Å². The van der Waals surface area contributed by atoms with Crippen LogP contribution >= 0.6 is 0 Å². The van der Waals surface area contributed by atoms with Crippen LogP contribution in [0.25, 0.3) is 0 Å². The maximum atomic E-state index is 6.35. The highest BCUT2D eigenvalue weighted by Gasteiger charge is 2.30. The van der Waals surface area contributed by atoms with Crippen LogP contribution in [0.1, 0.15) is 52.4 Å². The van der Waals surface area contributed by atoms with E-state index in [-0.39, 0.29) is 0 Å². The van der Waals surface area contributed by atoms with E-state index in [9.17, 15) is 0 Å². The molecule has 1 aliphatic carbocycles. The van der Waals surface area contributed by atoms with Gasteiger partial charge in [0.05, 0.1) is 6.10 Å². The van der Waals surface area contributed by atoms with Crippen molar-refractivity contribution in [3.05, 3.63) is 0 Å². The number of hydrogen-bond donors (Lipinski definition) is 1. The van der Waals surface area contributed by atoms with Gasteiger partial charge in [0, 0.05) is 25.7 Å². The molecule has 2 N–H and O–H groups in total. The highest BCUT2D eigenvalue weighted by molar-refractivity contribution is 4.85. The quantitative estimate of drug-likeness (QED) is 0.833. The van der Waals surface area contributed by atoms with E-state index in [1.54, 1.807) is 0 Å². The first-order valence-electron chi connectivity index (χ1n) is 8.32. The van der Waals surface area contributed by atoms with Crippen molar-refractivity contribution >= 4 is 0 Å². The van der Waals surface area contributed by atoms with Crippen LogP contribution < -0.4 is 5.73 Å². The van der Waals surface area contributed by atoms with Crippen molar-refractivity contribution in [2.75, 3.05) is 26.2 Å². The molecule has 0 amide bonds. The fourth-order valence-electron chi connectivity index (χ4n) is 3.85. The first kappa shape index (κ1) is 15.3. The number of nitrogens with zero attached hydrogens (tertiary/aromatic N) is 1. The first-order chi connectivity index (χ1) is 9.22. The molecule has 1 saturated carbocycles. The summed E-state index contributed by atoms with van der Waals surface area (Å²) in [6.45, 7) is 8.82. The van der Waals surface area contributed by atoms with Gasteiger partial charge in [-0.3, -0.25) is 0 Å². The van der Waals surface area contributed by atoms with Crippen LogP contribution in [-0.4, -0.2) is 43.3 Å². The predicted molar refractivity (Wildman–Crippen MR) is 80.2 cm³/mol. The fourth-order valence-corrected chi connectivity index (χ4v) is 3.85. The van der Waals surface area contributed by atoms with Crippen LogP contribution in [0.5, 0.6) is 0 Å². The second kappa shape index (κ2) is 7.61. The summed E-state index contributed by atoms with van der Waals surface area (Å²) in [5.41, 5.74) is 6.35. The van der Waals surface area contributed by atoms with Crippen LogP contribution in [0.3, 0.4) is 0 Å². The monoisotopic (exact) mass is 268 g/mol. The molecule has 3 nitrogen and oxygen atoms in total. The van der Waals surface area contributed by atoms with E-state index in [1.165, 1.54) is 51.6 Å². The summed E-state index contributed by atoms with van der Waals surface area (Å²) in [6.07, 6.45) is 8.21. The average Bonchev–Trinajstić information content (AvgIpc) is 2.42. The van der Waals surface area contributed by atoms with Crippen LogP contribution in [0.2, 0.25) is 0 Å². The summed E-state index contributed by atoms with van der Waals surface area (Å²) < 4.78 is 5.80. The summed E-state index contributed by atoms with van der Waals surface area (Å²) in [6, 6.07) is 0.426. The van der Waals surface area contributed by atoms with Crippen molar-refractivity contribution < 1.29 is 4.74 Å². The Labute approximate surface area is 118 Å². The SMILES string of the molecule is CCOC1CCCN(CC2CC(CC)CCC2N)C1. The lowest BCUT2D eigenvalue weighted by Crippen LogP contribution is -2.47. The molecule has 0 radical (unpaired) electrons. The highest BCUT2D eigenvalue weighted by atomic mass is 16.5. The Morgan fingerprint density at radius 3 is 2.79 bits per heavy atom. The van der Waals surface area contributed by atoms with Crippen LogP contribution in [-0.2, 0) is 4.74 Å². The second-order valence-electron chi connectivity index (χ2n) is 6.49. The standard InChI is InChI=1S/C16H32N2O/c1-3-13-7-8-16(17)14(10-13)11-18-9-5-6-15(12-18)19-4-2/h13-16H,3-12,17H2,1-2H3. The van der Waals surface area contributed by atoms with Gasteiger partial charge in [-0.2, -0.15) is 0 Å². The second-order valence-corrected chi connectivity index (χ2v) is 6.49. The first-order valence-corrected chi connectivity index (χ1v) is 8.32. The molecule has 2 fully saturated rings. The molecule has 0 aromatic rings. The molecule has 4 unspecified atom stereocenters. The van der Waals surface area contributed by atoms with Crippen LogP contribution in [0.4, 0.5) is 0 Å². The summed E-state index contributed by atoms with van der Waals surface area (Å²) in [5, 5.41) is 0. The molecule has 1 heterocycles. The number of likely N-dealkylation sites (tertiary alicyclic amines) is 1. The molecule has 3 heteroatoms. The molecule has 112 valence electrons. The van der Waals surface area contributed by atoms with Crippen molar-refractivity contribution in [1.82, 2.24) is 4.90 Å². The van der Waals surface area contributed by atoms with E-state index < -0.39 is 0 Å². The lowest BCUT2D eigenvalue weighted by molar-refractivity contribution is -0.00211. The van der Waals surface area contributed by atoms with Crippen molar-refractivity contribution in [3.8, 4) is 0 Å². The Bertz CT molecular complexity index is 257. The van der Waals surface area contributed by atoms with E-state index in [1.807, 2.05) is 0 Å². The third-order valence-electron chi connectivity index (χ3n) is 5.08. The summed E-state index contributed by atoms with van der Waals surface area (Å²) in [4.78, 5) is 2.60. The van der Waals surface area contributed by atoms with Gasteiger partial charge in [0.2, 0.25) is 0 Å². The average molecular weight is 268 g/mol. The molecular weight excluding hydrogens is 236 g/mol. The molecule has 2 aliphatic rings. The Kier molecular flexibility index (Phi) is 6.11.